The van der Waals surface area contributed by atoms with Crippen molar-refractivity contribution in [1.82, 2.24) is 5.43 Å². The van der Waals surface area contributed by atoms with Crippen LogP contribution in [-0.4, -0.2) is 24.8 Å². The average Bonchev–Trinajstić information content (AvgIpc) is 2.62. The normalized spacial score (nSPS) is 11.8. The molecule has 0 spiro atoms. The number of carbonyl (C=O) groups excluding carboxylic acids is 1. The number of nitrogens with zero attached hydrogens (tertiary/aromatic N) is 1. The second kappa shape index (κ2) is 9.64. The quantitative estimate of drug-likeness (QED) is 0.413. The summed E-state index contributed by atoms with van der Waals surface area (Å²) in [4.78, 5) is 12.0. The van der Waals surface area contributed by atoms with Gasteiger partial charge in [0.05, 0.1) is 6.21 Å². The van der Waals surface area contributed by atoms with Gasteiger partial charge < -0.3 is 9.47 Å². The maximum atomic E-state index is 12.0. The van der Waals surface area contributed by atoms with Crippen LogP contribution in [0.15, 0.2) is 70.8 Å². The molecule has 0 heterocycles. The molecule has 6 heteroatoms. The van der Waals surface area contributed by atoms with E-state index in [-0.39, 0.29) is 5.91 Å². The van der Waals surface area contributed by atoms with Crippen LogP contribution in [-0.2, 0) is 4.79 Å². The van der Waals surface area contributed by atoms with Crippen molar-refractivity contribution in [3.05, 3.63) is 71.2 Å². The summed E-state index contributed by atoms with van der Waals surface area (Å²) in [5.41, 5.74) is 3.27. The van der Waals surface area contributed by atoms with E-state index in [2.05, 4.69) is 33.0 Å². The lowest BCUT2D eigenvalue weighted by Gasteiger charge is -2.12. The lowest BCUT2D eigenvalue weighted by Crippen LogP contribution is -2.33. The molecule has 0 saturated heterocycles. The number of benzene rings is 2. The number of carbonyl (C=O) groups is 1. The van der Waals surface area contributed by atoms with Crippen LogP contribution in [0.4, 0.5) is 0 Å². The van der Waals surface area contributed by atoms with Gasteiger partial charge in [-0.3, -0.25) is 4.79 Å². The first-order valence-electron chi connectivity index (χ1n) is 7.67. The molecule has 1 amide bonds. The van der Waals surface area contributed by atoms with E-state index < -0.39 is 6.10 Å². The highest BCUT2D eigenvalue weighted by Crippen LogP contribution is 2.17. The molecule has 0 unspecified atom stereocenters. The first kappa shape index (κ1) is 18.7. The summed E-state index contributed by atoms with van der Waals surface area (Å²) in [5.74, 6) is 0.988. The molecule has 0 saturated carbocycles. The summed E-state index contributed by atoms with van der Waals surface area (Å²) in [6.07, 6.45) is 2.55. The molecule has 1 N–H and O–H groups in total. The maximum absolute atomic E-state index is 12.0. The van der Waals surface area contributed by atoms with Crippen molar-refractivity contribution in [2.75, 3.05) is 6.61 Å². The van der Waals surface area contributed by atoms with Crippen molar-refractivity contribution in [2.24, 2.45) is 5.10 Å². The minimum Gasteiger partial charge on any atom is -0.490 e. The predicted octanol–water partition coefficient (Wildman–Crippen LogP) is 3.93. The number of nitrogens with one attached hydrogen (secondary N) is 1. The van der Waals surface area contributed by atoms with E-state index in [9.17, 15) is 4.79 Å². The summed E-state index contributed by atoms with van der Waals surface area (Å²) in [6, 6.07) is 14.6. The minimum absolute atomic E-state index is 0.335. The van der Waals surface area contributed by atoms with E-state index in [1.54, 1.807) is 31.3 Å². The molecule has 0 bridgehead atoms. The number of hydrogen-bond acceptors (Lipinski definition) is 4. The summed E-state index contributed by atoms with van der Waals surface area (Å²) < 4.78 is 12.0. The van der Waals surface area contributed by atoms with E-state index >= 15 is 0 Å². The first-order chi connectivity index (χ1) is 12.1. The van der Waals surface area contributed by atoms with Crippen LogP contribution < -0.4 is 14.9 Å². The van der Waals surface area contributed by atoms with Crippen molar-refractivity contribution < 1.29 is 14.3 Å². The highest BCUT2D eigenvalue weighted by molar-refractivity contribution is 9.10. The third-order valence-corrected chi connectivity index (χ3v) is 3.64. The molecule has 0 aromatic heterocycles. The first-order valence-corrected chi connectivity index (χ1v) is 8.46. The fraction of sp³-hybridized carbons (Fsp3) is 0.158. The monoisotopic (exact) mass is 402 g/mol. The zero-order chi connectivity index (χ0) is 18.1. The topological polar surface area (TPSA) is 59.9 Å². The van der Waals surface area contributed by atoms with Crippen LogP contribution in [0.1, 0.15) is 12.5 Å². The van der Waals surface area contributed by atoms with Gasteiger partial charge in [-0.2, -0.15) is 5.10 Å². The van der Waals surface area contributed by atoms with Gasteiger partial charge in [-0.15, -0.1) is 0 Å². The number of hydrogen-bond donors (Lipinski definition) is 1. The van der Waals surface area contributed by atoms with Crippen LogP contribution >= 0.6 is 15.9 Å². The highest BCUT2D eigenvalue weighted by Gasteiger charge is 2.13. The Morgan fingerprint density at radius 1 is 1.28 bits per heavy atom. The summed E-state index contributed by atoms with van der Waals surface area (Å²) >= 11 is 3.35. The van der Waals surface area contributed by atoms with Gasteiger partial charge in [-0.1, -0.05) is 40.7 Å². The highest BCUT2D eigenvalue weighted by atomic mass is 79.9. The Kier molecular flexibility index (Phi) is 7.22. The van der Waals surface area contributed by atoms with Crippen molar-refractivity contribution in [2.45, 2.75) is 13.0 Å². The third-order valence-electron chi connectivity index (χ3n) is 3.11. The van der Waals surface area contributed by atoms with Crippen molar-refractivity contribution >= 4 is 28.1 Å². The molecule has 0 aliphatic rings. The van der Waals surface area contributed by atoms with Crippen LogP contribution in [0.2, 0.25) is 0 Å². The Morgan fingerprint density at radius 2 is 2.04 bits per heavy atom. The number of rotatable bonds is 8. The second-order valence-corrected chi connectivity index (χ2v) is 6.04. The predicted molar refractivity (Wildman–Crippen MR) is 102 cm³/mol. The third kappa shape index (κ3) is 6.43. The van der Waals surface area contributed by atoms with Gasteiger partial charge in [-0.05, 0) is 48.9 Å². The lowest BCUT2D eigenvalue weighted by atomic mass is 10.2. The van der Waals surface area contributed by atoms with Gasteiger partial charge in [0.15, 0.2) is 6.10 Å². The molecular weight excluding hydrogens is 384 g/mol. The molecule has 2 aromatic carbocycles. The largest absolute Gasteiger partial charge is 0.490 e. The summed E-state index contributed by atoms with van der Waals surface area (Å²) in [7, 11) is 0. The SMILES string of the molecule is C=CCOc1cccc(/C=N\NC(=O)[C@@H](C)Oc2ccc(Br)cc2)c1. The van der Waals surface area contributed by atoms with Crippen molar-refractivity contribution in [3.63, 3.8) is 0 Å². The molecule has 0 fully saturated rings. The van der Waals surface area contributed by atoms with Gasteiger partial charge in [0, 0.05) is 4.47 Å². The molecule has 0 aliphatic heterocycles. The molecule has 0 aliphatic carbocycles. The molecule has 25 heavy (non-hydrogen) atoms. The Balaban J connectivity index is 1.86. The van der Waals surface area contributed by atoms with Crippen LogP contribution in [0, 0.1) is 0 Å². The molecule has 2 aromatic rings. The van der Waals surface area contributed by atoms with E-state index in [1.165, 1.54) is 0 Å². The molecular formula is C19H19BrN2O3. The standard InChI is InChI=1S/C19H19BrN2O3/c1-3-11-24-18-6-4-5-15(12-18)13-21-22-19(23)14(2)25-17-9-7-16(20)8-10-17/h3-10,12-14H,1,11H2,2H3,(H,22,23)/b21-13-/t14-/m1/s1. The number of hydrazone groups is 1. The summed E-state index contributed by atoms with van der Waals surface area (Å²) in [5, 5.41) is 3.95. The fourth-order valence-corrected chi connectivity index (χ4v) is 2.14. The van der Waals surface area contributed by atoms with E-state index in [1.807, 2.05) is 36.4 Å². The van der Waals surface area contributed by atoms with Crippen molar-refractivity contribution in [1.29, 1.82) is 0 Å². The van der Waals surface area contributed by atoms with Crippen LogP contribution in [0.5, 0.6) is 11.5 Å². The fourth-order valence-electron chi connectivity index (χ4n) is 1.87. The minimum atomic E-state index is -0.666. The number of halogens is 1. The number of ether oxygens (including phenoxy) is 2. The smallest absolute Gasteiger partial charge is 0.280 e. The number of amides is 1. The van der Waals surface area contributed by atoms with E-state index in [0.717, 1.165) is 10.0 Å². The zero-order valence-electron chi connectivity index (χ0n) is 13.8. The van der Waals surface area contributed by atoms with Gasteiger partial charge >= 0.3 is 0 Å². The molecule has 2 rings (SSSR count). The Morgan fingerprint density at radius 3 is 2.76 bits per heavy atom. The molecule has 130 valence electrons. The van der Waals surface area contributed by atoms with Gasteiger partial charge in [-0.25, -0.2) is 5.43 Å². The zero-order valence-corrected chi connectivity index (χ0v) is 15.4. The van der Waals surface area contributed by atoms with Crippen LogP contribution in [0.3, 0.4) is 0 Å². The van der Waals surface area contributed by atoms with Gasteiger partial charge in [0.1, 0.15) is 18.1 Å². The van der Waals surface area contributed by atoms with Crippen LogP contribution in [0.25, 0.3) is 0 Å². The van der Waals surface area contributed by atoms with E-state index in [4.69, 9.17) is 9.47 Å². The molecule has 5 nitrogen and oxygen atoms in total. The second-order valence-electron chi connectivity index (χ2n) is 5.12. The average molecular weight is 403 g/mol. The molecule has 1 atom stereocenters. The van der Waals surface area contributed by atoms with E-state index in [0.29, 0.717) is 18.1 Å². The summed E-state index contributed by atoms with van der Waals surface area (Å²) in [6.45, 7) is 5.70. The Bertz CT molecular complexity index is 745. The Hall–Kier alpha value is -2.60. The van der Waals surface area contributed by atoms with Crippen molar-refractivity contribution in [3.8, 4) is 11.5 Å². The van der Waals surface area contributed by atoms with Gasteiger partial charge in [0.2, 0.25) is 0 Å². The van der Waals surface area contributed by atoms with Gasteiger partial charge in [0.25, 0.3) is 5.91 Å². The molecule has 0 radical (unpaired) electrons. The Labute approximate surface area is 155 Å². The maximum Gasteiger partial charge on any atom is 0.280 e. The lowest BCUT2D eigenvalue weighted by molar-refractivity contribution is -0.127.